The largest absolute Gasteiger partial charge is 0.392 e. The molecular formula is C22H22N4O3. The highest BCUT2D eigenvalue weighted by Gasteiger charge is 2.37. The lowest BCUT2D eigenvalue weighted by molar-refractivity contribution is -0.121. The third-order valence-electron chi connectivity index (χ3n) is 5.03. The molecule has 1 aliphatic rings. The molecule has 7 heteroatoms. The molecule has 1 fully saturated rings. The summed E-state index contributed by atoms with van der Waals surface area (Å²) in [4.78, 5) is 29.8. The third kappa shape index (κ3) is 4.09. The van der Waals surface area contributed by atoms with Crippen molar-refractivity contribution in [3.63, 3.8) is 0 Å². The molecule has 1 unspecified atom stereocenters. The SMILES string of the molecule is CC(=O)C(C1CC1)n1nc(-c2ccccn2)cc(Nc2ccc(CO)cc2)c1=O. The fourth-order valence-corrected chi connectivity index (χ4v) is 3.39. The molecule has 1 aromatic carbocycles. The molecule has 29 heavy (non-hydrogen) atoms. The van der Waals surface area contributed by atoms with Crippen LogP contribution in [0.4, 0.5) is 11.4 Å². The summed E-state index contributed by atoms with van der Waals surface area (Å²) in [6.07, 6.45) is 3.49. The average Bonchev–Trinajstić information content (AvgIpc) is 3.56. The number of nitrogens with zero attached hydrogens (tertiary/aromatic N) is 3. The molecule has 1 saturated carbocycles. The molecule has 0 radical (unpaired) electrons. The van der Waals surface area contributed by atoms with E-state index >= 15 is 0 Å². The van der Waals surface area contributed by atoms with Gasteiger partial charge in [-0.3, -0.25) is 14.6 Å². The summed E-state index contributed by atoms with van der Waals surface area (Å²) in [6, 6.07) is 13.7. The van der Waals surface area contributed by atoms with Crippen LogP contribution in [0.25, 0.3) is 11.4 Å². The lowest BCUT2D eigenvalue weighted by Gasteiger charge is -2.18. The molecule has 0 aliphatic heterocycles. The maximum absolute atomic E-state index is 13.2. The molecule has 2 N–H and O–H groups in total. The predicted octanol–water partition coefficient (Wildman–Crippen LogP) is 3.08. The topological polar surface area (TPSA) is 97.1 Å². The Labute approximate surface area is 168 Å². The first kappa shape index (κ1) is 19.0. The molecular weight excluding hydrogens is 368 g/mol. The number of rotatable bonds is 7. The van der Waals surface area contributed by atoms with Gasteiger partial charge < -0.3 is 10.4 Å². The number of ketones is 1. The van der Waals surface area contributed by atoms with Crippen molar-refractivity contribution in [1.82, 2.24) is 14.8 Å². The van der Waals surface area contributed by atoms with Crippen molar-refractivity contribution in [1.29, 1.82) is 0 Å². The van der Waals surface area contributed by atoms with Crippen LogP contribution in [-0.2, 0) is 11.4 Å². The number of carbonyl (C=O) groups is 1. The van der Waals surface area contributed by atoms with Crippen molar-refractivity contribution in [3.8, 4) is 11.4 Å². The fourth-order valence-electron chi connectivity index (χ4n) is 3.39. The number of hydrogen-bond acceptors (Lipinski definition) is 6. The molecule has 0 bridgehead atoms. The van der Waals surface area contributed by atoms with E-state index in [1.807, 2.05) is 18.2 Å². The van der Waals surface area contributed by atoms with Gasteiger partial charge in [0.2, 0.25) is 0 Å². The van der Waals surface area contributed by atoms with Crippen molar-refractivity contribution in [2.75, 3.05) is 5.32 Å². The highest BCUT2D eigenvalue weighted by atomic mass is 16.3. The Morgan fingerprint density at radius 1 is 1.21 bits per heavy atom. The quantitative estimate of drug-likeness (QED) is 0.643. The molecule has 3 aromatic rings. The van der Waals surface area contributed by atoms with E-state index in [1.54, 1.807) is 36.5 Å². The molecule has 0 spiro atoms. The van der Waals surface area contributed by atoms with Crippen molar-refractivity contribution >= 4 is 17.2 Å². The van der Waals surface area contributed by atoms with E-state index in [-0.39, 0.29) is 23.9 Å². The van der Waals surface area contributed by atoms with Crippen LogP contribution in [0.3, 0.4) is 0 Å². The minimum absolute atomic E-state index is 0.0478. The number of aliphatic hydroxyl groups is 1. The van der Waals surface area contributed by atoms with Gasteiger partial charge in [0.1, 0.15) is 17.4 Å². The maximum Gasteiger partial charge on any atom is 0.291 e. The molecule has 2 heterocycles. The first-order valence-electron chi connectivity index (χ1n) is 9.59. The Morgan fingerprint density at radius 3 is 2.55 bits per heavy atom. The molecule has 0 amide bonds. The summed E-state index contributed by atoms with van der Waals surface area (Å²) in [6.45, 7) is 1.46. The van der Waals surface area contributed by atoms with Crippen molar-refractivity contribution in [2.45, 2.75) is 32.4 Å². The van der Waals surface area contributed by atoms with Gasteiger partial charge in [0.15, 0.2) is 5.78 Å². The summed E-state index contributed by atoms with van der Waals surface area (Å²) in [5, 5.41) is 16.8. The maximum atomic E-state index is 13.2. The summed E-state index contributed by atoms with van der Waals surface area (Å²) >= 11 is 0. The summed E-state index contributed by atoms with van der Waals surface area (Å²) in [7, 11) is 0. The van der Waals surface area contributed by atoms with Gasteiger partial charge in [-0.15, -0.1) is 0 Å². The number of carbonyl (C=O) groups excluding carboxylic acids is 1. The number of anilines is 2. The molecule has 7 nitrogen and oxygen atoms in total. The van der Waals surface area contributed by atoms with E-state index in [1.165, 1.54) is 11.6 Å². The van der Waals surface area contributed by atoms with E-state index in [0.717, 1.165) is 18.4 Å². The normalized spacial score (nSPS) is 14.4. The number of benzene rings is 1. The number of Topliss-reactive ketones (excluding diaryl/α,β-unsaturated/α-hetero) is 1. The minimum atomic E-state index is -0.566. The molecule has 148 valence electrons. The van der Waals surface area contributed by atoms with Crippen LogP contribution < -0.4 is 10.9 Å². The molecule has 1 atom stereocenters. The standard InChI is InChI=1S/C22H22N4O3/c1-14(28)21(16-7-8-16)26-22(29)20(24-17-9-5-15(13-27)6-10-17)12-19(25-26)18-4-2-3-11-23-18/h2-6,9-12,16,21,24,27H,7-8,13H2,1H3. The van der Waals surface area contributed by atoms with Gasteiger partial charge in [-0.25, -0.2) is 4.68 Å². The summed E-state index contributed by atoms with van der Waals surface area (Å²) in [5.41, 5.74) is 2.61. The van der Waals surface area contributed by atoms with Crippen molar-refractivity contribution in [2.24, 2.45) is 5.92 Å². The number of pyridine rings is 1. The molecule has 4 rings (SSSR count). The Hall–Kier alpha value is -3.32. The van der Waals surface area contributed by atoms with Crippen LogP contribution in [-0.4, -0.2) is 25.7 Å². The first-order valence-corrected chi connectivity index (χ1v) is 9.59. The number of hydrogen-bond donors (Lipinski definition) is 2. The second-order valence-corrected chi connectivity index (χ2v) is 7.28. The second kappa shape index (κ2) is 7.97. The van der Waals surface area contributed by atoms with Gasteiger partial charge in [-0.1, -0.05) is 18.2 Å². The number of nitrogens with one attached hydrogen (secondary N) is 1. The third-order valence-corrected chi connectivity index (χ3v) is 5.03. The lowest BCUT2D eigenvalue weighted by atomic mass is 10.1. The van der Waals surface area contributed by atoms with E-state index in [0.29, 0.717) is 22.8 Å². The molecule has 2 aromatic heterocycles. The van der Waals surface area contributed by atoms with Crippen LogP contribution in [0.15, 0.2) is 59.5 Å². The molecule has 1 aliphatic carbocycles. The van der Waals surface area contributed by atoms with Crippen LogP contribution in [0.2, 0.25) is 0 Å². The van der Waals surface area contributed by atoms with Crippen LogP contribution in [0, 0.1) is 5.92 Å². The van der Waals surface area contributed by atoms with E-state index < -0.39 is 6.04 Å². The monoisotopic (exact) mass is 390 g/mol. The highest BCUT2D eigenvalue weighted by Crippen LogP contribution is 2.39. The van der Waals surface area contributed by atoms with E-state index in [9.17, 15) is 14.7 Å². The number of aliphatic hydroxyl groups excluding tert-OH is 1. The Bertz CT molecular complexity index is 1070. The highest BCUT2D eigenvalue weighted by molar-refractivity contribution is 5.80. The molecule has 0 saturated heterocycles. The zero-order valence-electron chi connectivity index (χ0n) is 16.1. The van der Waals surface area contributed by atoms with Crippen molar-refractivity contribution in [3.05, 3.63) is 70.6 Å². The Morgan fingerprint density at radius 2 is 1.97 bits per heavy atom. The first-order chi connectivity index (χ1) is 14.1. The zero-order chi connectivity index (χ0) is 20.4. The van der Waals surface area contributed by atoms with Gasteiger partial charge in [0, 0.05) is 11.9 Å². The number of aromatic nitrogens is 3. The lowest BCUT2D eigenvalue weighted by Crippen LogP contribution is -2.33. The fraction of sp³-hybridized carbons (Fsp3) is 0.273. The van der Waals surface area contributed by atoms with E-state index in [2.05, 4.69) is 15.4 Å². The summed E-state index contributed by atoms with van der Waals surface area (Å²) < 4.78 is 1.31. The van der Waals surface area contributed by atoms with E-state index in [4.69, 9.17) is 0 Å². The minimum Gasteiger partial charge on any atom is -0.392 e. The Kier molecular flexibility index (Phi) is 5.22. The van der Waals surface area contributed by atoms with Crippen LogP contribution in [0.5, 0.6) is 0 Å². The Balaban J connectivity index is 1.81. The van der Waals surface area contributed by atoms with Gasteiger partial charge in [0.05, 0.1) is 12.3 Å². The van der Waals surface area contributed by atoms with Crippen LogP contribution >= 0.6 is 0 Å². The van der Waals surface area contributed by atoms with Gasteiger partial charge in [0.25, 0.3) is 5.56 Å². The van der Waals surface area contributed by atoms with Crippen molar-refractivity contribution < 1.29 is 9.90 Å². The van der Waals surface area contributed by atoms with Gasteiger partial charge >= 0.3 is 0 Å². The predicted molar refractivity (Wildman–Crippen MR) is 110 cm³/mol. The van der Waals surface area contributed by atoms with Gasteiger partial charge in [-0.05, 0) is 61.6 Å². The smallest absolute Gasteiger partial charge is 0.291 e. The zero-order valence-corrected chi connectivity index (χ0v) is 16.1. The van der Waals surface area contributed by atoms with Gasteiger partial charge in [-0.2, -0.15) is 5.10 Å². The average molecular weight is 390 g/mol. The summed E-state index contributed by atoms with van der Waals surface area (Å²) in [5.74, 6) is 0.0758. The second-order valence-electron chi connectivity index (χ2n) is 7.28. The van der Waals surface area contributed by atoms with Crippen LogP contribution in [0.1, 0.15) is 31.4 Å².